The summed E-state index contributed by atoms with van der Waals surface area (Å²) in [4.78, 5) is 26.3. The smallest absolute Gasteiger partial charge is 0.278 e. The molecular weight excluding hydrogens is 346 g/mol. The highest BCUT2D eigenvalue weighted by Gasteiger charge is 2.32. The minimum atomic E-state index is -0.563. The highest BCUT2D eigenvalue weighted by Crippen LogP contribution is 2.29. The van der Waals surface area contributed by atoms with E-state index in [2.05, 4.69) is 0 Å². The molecule has 0 aliphatic carbocycles. The Kier molecular flexibility index (Phi) is 4.14. The largest absolute Gasteiger partial charge is 0.502 e. The van der Waals surface area contributed by atoms with Crippen LogP contribution in [0.2, 0.25) is 0 Å². The average molecular weight is 367 g/mol. The van der Waals surface area contributed by atoms with E-state index in [4.69, 9.17) is 4.74 Å². The maximum absolute atomic E-state index is 12.8. The molecule has 2 aliphatic heterocycles. The van der Waals surface area contributed by atoms with Gasteiger partial charge in [-0.25, -0.2) is 0 Å². The fourth-order valence-corrected chi connectivity index (χ4v) is 3.47. The van der Waals surface area contributed by atoms with Gasteiger partial charge in [0.15, 0.2) is 11.4 Å². The van der Waals surface area contributed by atoms with Crippen molar-refractivity contribution in [2.45, 2.75) is 20.4 Å². The monoisotopic (exact) mass is 367 g/mol. The summed E-state index contributed by atoms with van der Waals surface area (Å²) in [6, 6.07) is 5.33. The first-order valence-electron chi connectivity index (χ1n) is 8.83. The molecule has 1 aromatic carbocycles. The predicted octanol–water partition coefficient (Wildman–Crippen LogP) is 1.67. The number of fused-ring (bicyclic) bond motifs is 5. The number of carbonyl (C=O) groups is 1. The second-order valence-corrected chi connectivity index (χ2v) is 6.83. The number of nitrogens with zero attached hydrogens (tertiary/aromatic N) is 3. The van der Waals surface area contributed by atoms with Gasteiger partial charge >= 0.3 is 0 Å². The van der Waals surface area contributed by atoms with Crippen LogP contribution < -0.4 is 15.2 Å². The van der Waals surface area contributed by atoms with Crippen LogP contribution in [0.3, 0.4) is 0 Å². The van der Waals surface area contributed by atoms with Gasteiger partial charge in [-0.15, -0.1) is 0 Å². The maximum atomic E-state index is 12.8. The van der Waals surface area contributed by atoms with E-state index in [1.54, 1.807) is 9.58 Å². The molecule has 2 bridgehead atoms. The Labute approximate surface area is 156 Å². The highest BCUT2D eigenvalue weighted by molar-refractivity contribution is 5.96. The first-order chi connectivity index (χ1) is 13.0. The lowest BCUT2D eigenvalue weighted by Gasteiger charge is -2.39. The van der Waals surface area contributed by atoms with E-state index < -0.39 is 11.2 Å². The molecule has 2 aromatic rings. The van der Waals surface area contributed by atoms with Crippen LogP contribution in [0, 0.1) is 13.8 Å². The van der Waals surface area contributed by atoms with E-state index in [1.807, 2.05) is 43.1 Å². The summed E-state index contributed by atoms with van der Waals surface area (Å²) < 4.78 is 7.58. The van der Waals surface area contributed by atoms with Crippen LogP contribution in [0.15, 0.2) is 41.3 Å². The lowest BCUT2D eigenvalue weighted by atomic mass is 10.0. The Morgan fingerprint density at radius 3 is 2.74 bits per heavy atom. The van der Waals surface area contributed by atoms with Gasteiger partial charge in [-0.05, 0) is 31.1 Å². The summed E-state index contributed by atoms with van der Waals surface area (Å²) in [7, 11) is 0. The number of hydrogen-bond acceptors (Lipinski definition) is 5. The van der Waals surface area contributed by atoms with E-state index in [9.17, 15) is 14.7 Å². The van der Waals surface area contributed by atoms with Crippen LogP contribution in [0.5, 0.6) is 11.5 Å². The van der Waals surface area contributed by atoms with Crippen molar-refractivity contribution < 1.29 is 14.6 Å². The van der Waals surface area contributed by atoms with Crippen LogP contribution in [-0.4, -0.2) is 40.4 Å². The van der Waals surface area contributed by atoms with Gasteiger partial charge in [0.25, 0.3) is 5.91 Å². The van der Waals surface area contributed by atoms with Crippen molar-refractivity contribution in [2.75, 3.05) is 24.8 Å². The normalized spacial score (nSPS) is 17.5. The molecule has 27 heavy (non-hydrogen) atoms. The fourth-order valence-electron chi connectivity index (χ4n) is 3.47. The Bertz CT molecular complexity index is 1010. The quantitative estimate of drug-likeness (QED) is 0.717. The van der Waals surface area contributed by atoms with Crippen molar-refractivity contribution in [2.24, 2.45) is 0 Å². The molecule has 0 atom stereocenters. The Balaban J connectivity index is 1.88. The fraction of sp³-hybridized carbons (Fsp3) is 0.300. The summed E-state index contributed by atoms with van der Waals surface area (Å²) in [5.74, 6) is -0.0593. The van der Waals surface area contributed by atoms with Crippen LogP contribution in [-0.2, 0) is 6.54 Å². The summed E-state index contributed by atoms with van der Waals surface area (Å²) >= 11 is 0. The number of amides is 1. The molecule has 0 saturated carbocycles. The molecule has 140 valence electrons. The SMILES string of the molecule is Cc1ccc2c(c1C)OC/C=C\CN1CN(C2)n2ccc(=O)c(O)c2C1=O. The topological polar surface area (TPSA) is 75.0 Å². The molecule has 4 rings (SSSR count). The zero-order valence-corrected chi connectivity index (χ0v) is 15.3. The van der Waals surface area contributed by atoms with Crippen molar-refractivity contribution in [3.05, 3.63) is 69.2 Å². The molecule has 3 heterocycles. The summed E-state index contributed by atoms with van der Waals surface area (Å²) in [6.07, 6.45) is 5.27. The van der Waals surface area contributed by atoms with Gasteiger partial charge < -0.3 is 14.7 Å². The van der Waals surface area contributed by atoms with Gasteiger partial charge in [0, 0.05) is 24.4 Å². The van der Waals surface area contributed by atoms with Crippen molar-refractivity contribution in [3.8, 4) is 11.5 Å². The standard InChI is InChI=1S/C20H21N3O4/c1-13-5-6-15-11-22-12-21(8-3-4-10-27-19(15)14(13)2)20(26)17-18(25)16(24)7-9-23(17)22/h3-7,9,25H,8,10-12H2,1-2H3/b4-3-. The third-order valence-electron chi connectivity index (χ3n) is 5.11. The van der Waals surface area contributed by atoms with Crippen LogP contribution in [0.25, 0.3) is 0 Å². The third-order valence-corrected chi connectivity index (χ3v) is 5.11. The summed E-state index contributed by atoms with van der Waals surface area (Å²) in [5.41, 5.74) is 2.63. The number of carbonyl (C=O) groups excluding carboxylic acids is 1. The summed E-state index contributed by atoms with van der Waals surface area (Å²) in [5, 5.41) is 12.1. The number of benzene rings is 1. The van der Waals surface area contributed by atoms with Gasteiger partial charge in [-0.3, -0.25) is 19.3 Å². The van der Waals surface area contributed by atoms with Gasteiger partial charge in [-0.1, -0.05) is 18.2 Å². The second-order valence-electron chi connectivity index (χ2n) is 6.83. The zero-order chi connectivity index (χ0) is 19.1. The molecule has 2 aliphatic rings. The van der Waals surface area contributed by atoms with Gasteiger partial charge in [0.05, 0.1) is 6.54 Å². The number of aromatic hydroxyl groups is 1. The Morgan fingerprint density at radius 2 is 1.93 bits per heavy atom. The molecule has 0 saturated heterocycles. The molecular formula is C20H21N3O4. The molecule has 0 spiro atoms. The number of aryl methyl sites for hydroxylation is 1. The van der Waals surface area contributed by atoms with Crippen molar-refractivity contribution in [1.29, 1.82) is 0 Å². The van der Waals surface area contributed by atoms with Crippen LogP contribution >= 0.6 is 0 Å². The molecule has 1 amide bonds. The zero-order valence-electron chi connectivity index (χ0n) is 15.3. The first kappa shape index (κ1) is 17.2. The lowest BCUT2D eigenvalue weighted by Crippen LogP contribution is -2.53. The number of pyridine rings is 1. The van der Waals surface area contributed by atoms with Crippen LogP contribution in [0.4, 0.5) is 0 Å². The van der Waals surface area contributed by atoms with E-state index in [0.29, 0.717) is 26.4 Å². The first-order valence-corrected chi connectivity index (χ1v) is 8.83. The van der Waals surface area contributed by atoms with E-state index >= 15 is 0 Å². The van der Waals surface area contributed by atoms with Crippen molar-refractivity contribution in [1.82, 2.24) is 9.58 Å². The van der Waals surface area contributed by atoms with Gasteiger partial charge in [0.2, 0.25) is 5.43 Å². The molecule has 1 N–H and O–H groups in total. The molecule has 0 fully saturated rings. The average Bonchev–Trinajstić information content (AvgIpc) is 2.68. The van der Waals surface area contributed by atoms with E-state index in [-0.39, 0.29) is 11.6 Å². The lowest BCUT2D eigenvalue weighted by molar-refractivity contribution is 0.0706. The number of rotatable bonds is 0. The van der Waals surface area contributed by atoms with Crippen molar-refractivity contribution in [3.63, 3.8) is 0 Å². The highest BCUT2D eigenvalue weighted by atomic mass is 16.5. The molecule has 7 nitrogen and oxygen atoms in total. The number of ether oxygens (including phenoxy) is 1. The minimum Gasteiger partial charge on any atom is -0.502 e. The van der Waals surface area contributed by atoms with E-state index in [0.717, 1.165) is 22.4 Å². The van der Waals surface area contributed by atoms with Gasteiger partial charge in [0.1, 0.15) is 19.0 Å². The summed E-state index contributed by atoms with van der Waals surface area (Å²) in [6.45, 7) is 5.66. The second kappa shape index (κ2) is 6.50. The van der Waals surface area contributed by atoms with Crippen molar-refractivity contribution >= 4 is 5.91 Å². The Hall–Kier alpha value is -3.22. The molecule has 0 unspecified atom stereocenters. The number of hydrogen-bond donors (Lipinski definition) is 1. The third kappa shape index (κ3) is 2.85. The molecule has 7 heteroatoms. The Morgan fingerprint density at radius 1 is 1.11 bits per heavy atom. The van der Waals surface area contributed by atoms with Gasteiger partial charge in [-0.2, -0.15) is 0 Å². The number of aromatic nitrogens is 1. The maximum Gasteiger partial charge on any atom is 0.278 e. The predicted molar refractivity (Wildman–Crippen MR) is 101 cm³/mol. The van der Waals surface area contributed by atoms with E-state index in [1.165, 1.54) is 12.3 Å². The minimum absolute atomic E-state index is 0.00676. The van der Waals surface area contributed by atoms with Crippen LogP contribution in [0.1, 0.15) is 27.2 Å². The molecule has 1 aromatic heterocycles. The molecule has 0 radical (unpaired) electrons.